The molecule has 3 nitrogen and oxygen atoms in total. The van der Waals surface area contributed by atoms with E-state index in [2.05, 4.69) is 18.7 Å². The second kappa shape index (κ2) is 7.25. The normalized spacial score (nSPS) is 22.5. The Bertz CT molecular complexity index is 179. The molecule has 0 bridgehead atoms. The Labute approximate surface area is 100 Å². The maximum absolute atomic E-state index is 5.61. The summed E-state index contributed by atoms with van der Waals surface area (Å²) in [5, 5.41) is 0. The van der Waals surface area contributed by atoms with Crippen LogP contribution in [0.2, 0.25) is 0 Å². The summed E-state index contributed by atoms with van der Waals surface area (Å²) >= 11 is 0. The van der Waals surface area contributed by atoms with Crippen molar-refractivity contribution in [1.82, 2.24) is 4.90 Å². The van der Waals surface area contributed by atoms with Crippen LogP contribution in [0.15, 0.2) is 0 Å². The Morgan fingerprint density at radius 2 is 1.81 bits per heavy atom. The smallest absolute Gasteiger partial charge is 0.170 e. The predicted octanol–water partition coefficient (Wildman–Crippen LogP) is 2.51. The molecule has 96 valence electrons. The van der Waals surface area contributed by atoms with Crippen LogP contribution in [0, 0.1) is 5.92 Å². The number of nitrogens with zero attached hydrogens (tertiary/aromatic N) is 1. The quantitative estimate of drug-likeness (QED) is 0.626. The molecule has 3 heteroatoms. The van der Waals surface area contributed by atoms with E-state index in [1.807, 2.05) is 13.8 Å². The lowest BCUT2D eigenvalue weighted by Gasteiger charge is -2.30. The van der Waals surface area contributed by atoms with Crippen molar-refractivity contribution in [3.8, 4) is 0 Å². The highest BCUT2D eigenvalue weighted by Crippen LogP contribution is 2.24. The number of hydrogen-bond acceptors (Lipinski definition) is 3. The second-order valence-corrected chi connectivity index (χ2v) is 4.79. The molecule has 1 rings (SSSR count). The average molecular weight is 229 g/mol. The molecule has 0 aromatic heterocycles. The Morgan fingerprint density at radius 3 is 2.31 bits per heavy atom. The van der Waals surface area contributed by atoms with Crippen molar-refractivity contribution in [3.63, 3.8) is 0 Å². The van der Waals surface area contributed by atoms with Crippen LogP contribution in [-0.4, -0.2) is 43.5 Å². The van der Waals surface area contributed by atoms with E-state index < -0.39 is 0 Å². The first kappa shape index (κ1) is 13.9. The molecular weight excluding hydrogens is 202 g/mol. The highest BCUT2D eigenvalue weighted by molar-refractivity contribution is 4.81. The summed E-state index contributed by atoms with van der Waals surface area (Å²) in [6.07, 6.45) is 2.59. The highest BCUT2D eigenvalue weighted by atomic mass is 16.7. The van der Waals surface area contributed by atoms with E-state index in [0.29, 0.717) is 6.04 Å². The Morgan fingerprint density at radius 1 is 1.19 bits per heavy atom. The van der Waals surface area contributed by atoms with Crippen LogP contribution < -0.4 is 0 Å². The van der Waals surface area contributed by atoms with Crippen molar-refractivity contribution >= 4 is 0 Å². The first-order valence-electron chi connectivity index (χ1n) is 6.66. The van der Waals surface area contributed by atoms with Gasteiger partial charge in [-0.1, -0.05) is 13.8 Å². The molecule has 1 fully saturated rings. The van der Waals surface area contributed by atoms with Gasteiger partial charge in [-0.25, -0.2) is 0 Å². The maximum atomic E-state index is 5.61. The van der Waals surface area contributed by atoms with Crippen LogP contribution in [0.3, 0.4) is 0 Å². The molecule has 1 heterocycles. The standard InChI is InChI=1S/C13H27NO2/c1-5-15-13(16-6-2)10-14-9-7-8-12(14)11(3)4/h11-13H,5-10H2,1-4H3. The Balaban J connectivity index is 2.42. The molecule has 1 aliphatic heterocycles. The Hall–Kier alpha value is -0.120. The Kier molecular flexibility index (Phi) is 6.32. The third-order valence-electron chi connectivity index (χ3n) is 3.27. The van der Waals surface area contributed by atoms with Gasteiger partial charge in [-0.2, -0.15) is 0 Å². The first-order chi connectivity index (χ1) is 7.69. The summed E-state index contributed by atoms with van der Waals surface area (Å²) in [4.78, 5) is 2.53. The average Bonchev–Trinajstić information content (AvgIpc) is 2.66. The summed E-state index contributed by atoms with van der Waals surface area (Å²) in [6, 6.07) is 0.711. The van der Waals surface area contributed by atoms with Gasteiger partial charge in [-0.05, 0) is 39.2 Å². The lowest BCUT2D eigenvalue weighted by molar-refractivity contribution is -0.149. The predicted molar refractivity (Wildman–Crippen MR) is 66.5 cm³/mol. The molecule has 0 N–H and O–H groups in total. The summed E-state index contributed by atoms with van der Waals surface area (Å²) < 4.78 is 11.2. The van der Waals surface area contributed by atoms with Gasteiger partial charge in [-0.3, -0.25) is 4.90 Å². The molecular formula is C13H27NO2. The zero-order valence-electron chi connectivity index (χ0n) is 11.2. The molecule has 1 atom stereocenters. The van der Waals surface area contributed by atoms with Gasteiger partial charge in [0.05, 0.1) is 0 Å². The number of rotatable bonds is 7. The van der Waals surface area contributed by atoms with Gasteiger partial charge in [0.15, 0.2) is 6.29 Å². The fraction of sp³-hybridized carbons (Fsp3) is 1.00. The molecule has 1 saturated heterocycles. The molecule has 0 saturated carbocycles. The molecule has 0 aromatic rings. The van der Waals surface area contributed by atoms with E-state index in [4.69, 9.17) is 9.47 Å². The van der Waals surface area contributed by atoms with E-state index in [0.717, 1.165) is 25.7 Å². The largest absolute Gasteiger partial charge is 0.352 e. The van der Waals surface area contributed by atoms with Crippen LogP contribution in [0.25, 0.3) is 0 Å². The summed E-state index contributed by atoms with van der Waals surface area (Å²) in [5.41, 5.74) is 0. The topological polar surface area (TPSA) is 21.7 Å². The molecule has 1 aliphatic rings. The fourth-order valence-electron chi connectivity index (χ4n) is 2.55. The van der Waals surface area contributed by atoms with E-state index in [1.165, 1.54) is 19.4 Å². The van der Waals surface area contributed by atoms with Gasteiger partial charge in [0.25, 0.3) is 0 Å². The van der Waals surface area contributed by atoms with Gasteiger partial charge in [-0.15, -0.1) is 0 Å². The van der Waals surface area contributed by atoms with E-state index in [-0.39, 0.29) is 6.29 Å². The molecule has 1 unspecified atom stereocenters. The zero-order chi connectivity index (χ0) is 12.0. The van der Waals surface area contributed by atoms with Gasteiger partial charge < -0.3 is 9.47 Å². The lowest BCUT2D eigenvalue weighted by atomic mass is 10.0. The van der Waals surface area contributed by atoms with Crippen LogP contribution >= 0.6 is 0 Å². The maximum Gasteiger partial charge on any atom is 0.170 e. The summed E-state index contributed by atoms with van der Waals surface area (Å²) in [7, 11) is 0. The van der Waals surface area contributed by atoms with E-state index >= 15 is 0 Å². The second-order valence-electron chi connectivity index (χ2n) is 4.79. The van der Waals surface area contributed by atoms with E-state index in [1.54, 1.807) is 0 Å². The van der Waals surface area contributed by atoms with Crippen LogP contribution in [0.4, 0.5) is 0 Å². The fourth-order valence-corrected chi connectivity index (χ4v) is 2.55. The molecule has 0 radical (unpaired) electrons. The molecule has 0 aliphatic carbocycles. The third-order valence-corrected chi connectivity index (χ3v) is 3.27. The minimum Gasteiger partial charge on any atom is -0.352 e. The molecule has 16 heavy (non-hydrogen) atoms. The first-order valence-corrected chi connectivity index (χ1v) is 6.66. The van der Waals surface area contributed by atoms with Gasteiger partial charge in [0.2, 0.25) is 0 Å². The van der Waals surface area contributed by atoms with Gasteiger partial charge in [0.1, 0.15) is 0 Å². The third kappa shape index (κ3) is 4.04. The zero-order valence-corrected chi connectivity index (χ0v) is 11.2. The SMILES string of the molecule is CCOC(CN1CCCC1C(C)C)OCC. The van der Waals surface area contributed by atoms with Crippen molar-refractivity contribution < 1.29 is 9.47 Å². The minimum absolute atomic E-state index is 0.0469. The van der Waals surface area contributed by atoms with Crippen LogP contribution in [0.1, 0.15) is 40.5 Å². The highest BCUT2D eigenvalue weighted by Gasteiger charge is 2.29. The van der Waals surface area contributed by atoms with Crippen molar-refractivity contribution in [3.05, 3.63) is 0 Å². The van der Waals surface area contributed by atoms with Crippen LogP contribution in [-0.2, 0) is 9.47 Å². The number of hydrogen-bond donors (Lipinski definition) is 0. The van der Waals surface area contributed by atoms with Crippen LogP contribution in [0.5, 0.6) is 0 Å². The van der Waals surface area contributed by atoms with Gasteiger partial charge in [0, 0.05) is 25.8 Å². The van der Waals surface area contributed by atoms with E-state index in [9.17, 15) is 0 Å². The number of likely N-dealkylation sites (tertiary alicyclic amines) is 1. The monoisotopic (exact) mass is 229 g/mol. The molecule has 0 aromatic carbocycles. The lowest BCUT2D eigenvalue weighted by Crippen LogP contribution is -2.40. The summed E-state index contributed by atoms with van der Waals surface area (Å²) in [5.74, 6) is 0.728. The molecule has 0 amide bonds. The number of ether oxygens (including phenoxy) is 2. The van der Waals surface area contributed by atoms with Crippen molar-refractivity contribution in [2.45, 2.75) is 52.9 Å². The molecule has 0 spiro atoms. The summed E-state index contributed by atoms with van der Waals surface area (Å²) in [6.45, 7) is 12.2. The van der Waals surface area contributed by atoms with Crippen molar-refractivity contribution in [1.29, 1.82) is 0 Å². The van der Waals surface area contributed by atoms with Gasteiger partial charge >= 0.3 is 0 Å². The van der Waals surface area contributed by atoms with Crippen molar-refractivity contribution in [2.24, 2.45) is 5.92 Å². The van der Waals surface area contributed by atoms with Crippen molar-refractivity contribution in [2.75, 3.05) is 26.3 Å². The minimum atomic E-state index is -0.0469.